The van der Waals surface area contributed by atoms with Crippen molar-refractivity contribution < 1.29 is 19.0 Å². The molecule has 0 saturated heterocycles. The van der Waals surface area contributed by atoms with Gasteiger partial charge in [-0.1, -0.05) is 18.2 Å². The molecular formula is C19H23NO4. The van der Waals surface area contributed by atoms with Crippen molar-refractivity contribution in [1.82, 2.24) is 5.32 Å². The Morgan fingerprint density at radius 3 is 2.42 bits per heavy atom. The van der Waals surface area contributed by atoms with E-state index in [1.807, 2.05) is 31.2 Å². The summed E-state index contributed by atoms with van der Waals surface area (Å²) in [6, 6.07) is 14.8. The third-order valence-electron chi connectivity index (χ3n) is 3.47. The molecule has 5 heteroatoms. The molecule has 1 N–H and O–H groups in total. The Bertz CT molecular complexity index is 655. The van der Waals surface area contributed by atoms with Gasteiger partial charge >= 0.3 is 0 Å². The van der Waals surface area contributed by atoms with Gasteiger partial charge in [-0.2, -0.15) is 0 Å². The number of nitrogens with one attached hydrogen (secondary N) is 1. The summed E-state index contributed by atoms with van der Waals surface area (Å²) in [6.07, 6.45) is -0.599. The number of hydrogen-bond acceptors (Lipinski definition) is 4. The van der Waals surface area contributed by atoms with Gasteiger partial charge in [-0.25, -0.2) is 0 Å². The number of ether oxygens (including phenoxy) is 3. The zero-order valence-electron chi connectivity index (χ0n) is 14.2. The van der Waals surface area contributed by atoms with Crippen LogP contribution in [0.5, 0.6) is 17.2 Å². The number of benzene rings is 2. The maximum Gasteiger partial charge on any atom is 0.261 e. The van der Waals surface area contributed by atoms with E-state index in [0.29, 0.717) is 18.9 Å². The van der Waals surface area contributed by atoms with Crippen LogP contribution in [0.25, 0.3) is 0 Å². The van der Waals surface area contributed by atoms with Crippen molar-refractivity contribution in [3.63, 3.8) is 0 Å². The molecule has 5 nitrogen and oxygen atoms in total. The van der Waals surface area contributed by atoms with Gasteiger partial charge in [0.05, 0.1) is 13.7 Å². The quantitative estimate of drug-likeness (QED) is 0.808. The molecule has 2 aromatic carbocycles. The average molecular weight is 329 g/mol. The minimum absolute atomic E-state index is 0.183. The fourth-order valence-corrected chi connectivity index (χ4v) is 2.18. The van der Waals surface area contributed by atoms with Crippen molar-refractivity contribution in [3.8, 4) is 17.2 Å². The van der Waals surface area contributed by atoms with E-state index in [9.17, 15) is 4.79 Å². The molecular weight excluding hydrogens is 306 g/mol. The molecule has 24 heavy (non-hydrogen) atoms. The molecule has 0 fully saturated rings. The predicted octanol–water partition coefficient (Wildman–Crippen LogP) is 3.18. The van der Waals surface area contributed by atoms with Crippen LogP contribution in [-0.2, 0) is 11.3 Å². The number of para-hydroxylation sites is 1. The molecule has 0 saturated carbocycles. The minimum Gasteiger partial charge on any atom is -0.497 e. The molecule has 0 radical (unpaired) electrons. The Balaban J connectivity index is 1.89. The van der Waals surface area contributed by atoms with Crippen LogP contribution < -0.4 is 19.5 Å². The van der Waals surface area contributed by atoms with Gasteiger partial charge in [-0.3, -0.25) is 4.79 Å². The molecule has 1 amide bonds. The van der Waals surface area contributed by atoms with Crippen molar-refractivity contribution in [2.75, 3.05) is 13.7 Å². The molecule has 0 bridgehead atoms. The molecule has 0 aliphatic rings. The zero-order chi connectivity index (χ0) is 17.4. The van der Waals surface area contributed by atoms with Crippen LogP contribution in [0.15, 0.2) is 48.5 Å². The molecule has 0 aliphatic heterocycles. The highest BCUT2D eigenvalue weighted by Crippen LogP contribution is 2.19. The van der Waals surface area contributed by atoms with E-state index in [1.54, 1.807) is 38.3 Å². The van der Waals surface area contributed by atoms with Crippen LogP contribution in [0.1, 0.15) is 19.4 Å². The highest BCUT2D eigenvalue weighted by atomic mass is 16.5. The Morgan fingerprint density at radius 2 is 1.75 bits per heavy atom. The normalized spacial score (nSPS) is 11.5. The van der Waals surface area contributed by atoms with Gasteiger partial charge in [0, 0.05) is 12.1 Å². The van der Waals surface area contributed by atoms with Crippen LogP contribution in [-0.4, -0.2) is 25.7 Å². The first kappa shape index (κ1) is 17.7. The predicted molar refractivity (Wildman–Crippen MR) is 92.5 cm³/mol. The third kappa shape index (κ3) is 4.91. The Hall–Kier alpha value is -2.69. The van der Waals surface area contributed by atoms with Gasteiger partial charge in [-0.05, 0) is 44.2 Å². The Morgan fingerprint density at radius 1 is 1.08 bits per heavy atom. The van der Waals surface area contributed by atoms with Crippen LogP contribution in [0, 0.1) is 0 Å². The van der Waals surface area contributed by atoms with E-state index in [4.69, 9.17) is 14.2 Å². The van der Waals surface area contributed by atoms with Gasteiger partial charge in [-0.15, -0.1) is 0 Å². The first-order valence-corrected chi connectivity index (χ1v) is 7.93. The molecule has 2 rings (SSSR count). The van der Waals surface area contributed by atoms with Gasteiger partial charge in [0.15, 0.2) is 6.10 Å². The Kier molecular flexibility index (Phi) is 6.49. The second kappa shape index (κ2) is 8.82. The first-order valence-electron chi connectivity index (χ1n) is 7.93. The van der Waals surface area contributed by atoms with Crippen molar-refractivity contribution >= 4 is 5.91 Å². The first-order chi connectivity index (χ1) is 11.6. The largest absolute Gasteiger partial charge is 0.497 e. The SMILES string of the molecule is CCOc1ccccc1CNC(=O)[C@H](C)Oc1ccc(OC)cc1. The minimum atomic E-state index is -0.599. The van der Waals surface area contributed by atoms with E-state index in [0.717, 1.165) is 17.1 Å². The van der Waals surface area contributed by atoms with Gasteiger partial charge < -0.3 is 19.5 Å². The summed E-state index contributed by atoms with van der Waals surface area (Å²) in [5.41, 5.74) is 0.935. The van der Waals surface area contributed by atoms with E-state index in [2.05, 4.69) is 5.32 Å². The lowest BCUT2D eigenvalue weighted by atomic mass is 10.2. The smallest absolute Gasteiger partial charge is 0.261 e. The molecule has 128 valence electrons. The zero-order valence-corrected chi connectivity index (χ0v) is 14.2. The van der Waals surface area contributed by atoms with Gasteiger partial charge in [0.1, 0.15) is 17.2 Å². The lowest BCUT2D eigenvalue weighted by molar-refractivity contribution is -0.127. The monoisotopic (exact) mass is 329 g/mol. The van der Waals surface area contributed by atoms with Crippen molar-refractivity contribution in [2.45, 2.75) is 26.5 Å². The summed E-state index contributed by atoms with van der Waals surface area (Å²) >= 11 is 0. The highest BCUT2D eigenvalue weighted by molar-refractivity contribution is 5.80. The fourth-order valence-electron chi connectivity index (χ4n) is 2.18. The highest BCUT2D eigenvalue weighted by Gasteiger charge is 2.15. The average Bonchev–Trinajstić information content (AvgIpc) is 2.61. The second-order valence-electron chi connectivity index (χ2n) is 5.19. The molecule has 0 aliphatic carbocycles. The van der Waals surface area contributed by atoms with Crippen LogP contribution in [0.4, 0.5) is 0 Å². The summed E-state index contributed by atoms with van der Waals surface area (Å²) < 4.78 is 16.3. The maximum atomic E-state index is 12.2. The number of rotatable bonds is 8. The molecule has 1 atom stereocenters. The van der Waals surface area contributed by atoms with Gasteiger partial charge in [0.2, 0.25) is 0 Å². The van der Waals surface area contributed by atoms with Crippen molar-refractivity contribution in [3.05, 3.63) is 54.1 Å². The van der Waals surface area contributed by atoms with E-state index in [1.165, 1.54) is 0 Å². The number of methoxy groups -OCH3 is 1. The number of amides is 1. The van der Waals surface area contributed by atoms with Crippen molar-refractivity contribution in [2.24, 2.45) is 0 Å². The summed E-state index contributed by atoms with van der Waals surface area (Å²) in [4.78, 5) is 12.2. The fraction of sp³-hybridized carbons (Fsp3) is 0.316. The second-order valence-corrected chi connectivity index (χ2v) is 5.19. The number of carbonyl (C=O) groups is 1. The van der Waals surface area contributed by atoms with Crippen LogP contribution in [0.3, 0.4) is 0 Å². The summed E-state index contributed by atoms with van der Waals surface area (Å²) in [5.74, 6) is 1.96. The summed E-state index contributed by atoms with van der Waals surface area (Å²) in [6.45, 7) is 4.63. The lowest BCUT2D eigenvalue weighted by Gasteiger charge is -2.16. The molecule has 2 aromatic rings. The molecule has 0 heterocycles. The van der Waals surface area contributed by atoms with Crippen LogP contribution >= 0.6 is 0 Å². The molecule has 0 aromatic heterocycles. The number of carbonyl (C=O) groups excluding carboxylic acids is 1. The Labute approximate surface area is 142 Å². The third-order valence-corrected chi connectivity index (χ3v) is 3.47. The lowest BCUT2D eigenvalue weighted by Crippen LogP contribution is -2.36. The van der Waals surface area contributed by atoms with E-state index in [-0.39, 0.29) is 5.91 Å². The van der Waals surface area contributed by atoms with Gasteiger partial charge in [0.25, 0.3) is 5.91 Å². The number of hydrogen-bond donors (Lipinski definition) is 1. The van der Waals surface area contributed by atoms with Crippen molar-refractivity contribution in [1.29, 1.82) is 0 Å². The van der Waals surface area contributed by atoms with Crippen LogP contribution in [0.2, 0.25) is 0 Å². The summed E-state index contributed by atoms with van der Waals surface area (Å²) in [5, 5.41) is 2.87. The topological polar surface area (TPSA) is 56.8 Å². The maximum absolute atomic E-state index is 12.2. The standard InChI is InChI=1S/C19H23NO4/c1-4-23-18-8-6-5-7-15(18)13-20-19(21)14(2)24-17-11-9-16(22-3)10-12-17/h5-12,14H,4,13H2,1-3H3,(H,20,21)/t14-/m0/s1. The summed E-state index contributed by atoms with van der Waals surface area (Å²) in [7, 11) is 1.60. The molecule has 0 unspecified atom stereocenters. The van der Waals surface area contributed by atoms with E-state index < -0.39 is 6.10 Å². The molecule has 0 spiro atoms. The van der Waals surface area contributed by atoms with E-state index >= 15 is 0 Å².